The number of carbonyl (C=O) groups is 1. The lowest BCUT2D eigenvalue weighted by Gasteiger charge is -2.26. The van der Waals surface area contributed by atoms with Gasteiger partial charge in [-0.1, -0.05) is 13.8 Å². The number of ether oxygens (including phenoxy) is 2. The molecular formula is C21H36N2O5S. The van der Waals surface area contributed by atoms with E-state index in [9.17, 15) is 13.2 Å². The van der Waals surface area contributed by atoms with Crippen molar-refractivity contribution in [3.8, 4) is 5.75 Å². The van der Waals surface area contributed by atoms with E-state index >= 15 is 0 Å². The second kappa shape index (κ2) is 12.1. The lowest BCUT2D eigenvalue weighted by molar-refractivity contribution is -0.137. The van der Waals surface area contributed by atoms with E-state index in [1.54, 1.807) is 33.1 Å². The minimum absolute atomic E-state index is 0.00548. The van der Waals surface area contributed by atoms with Gasteiger partial charge in [0.05, 0.1) is 18.6 Å². The highest BCUT2D eigenvalue weighted by Crippen LogP contribution is 2.27. The average Bonchev–Trinajstić information content (AvgIpc) is 2.72. The summed E-state index contributed by atoms with van der Waals surface area (Å²) in [4.78, 5) is 14.2. The van der Waals surface area contributed by atoms with Crippen LogP contribution in [0.1, 0.15) is 44.2 Å². The molecule has 0 atom stereocenters. The van der Waals surface area contributed by atoms with Crippen LogP contribution in [0.2, 0.25) is 0 Å². The molecule has 1 aromatic carbocycles. The fourth-order valence-electron chi connectivity index (χ4n) is 3.30. The zero-order chi connectivity index (χ0) is 22.0. The van der Waals surface area contributed by atoms with E-state index in [-0.39, 0.29) is 30.6 Å². The first-order valence-corrected chi connectivity index (χ1v) is 11.7. The van der Waals surface area contributed by atoms with Crippen molar-refractivity contribution in [2.45, 2.75) is 51.9 Å². The normalized spacial score (nSPS) is 14.4. The summed E-state index contributed by atoms with van der Waals surface area (Å²) < 4.78 is 37.7. The summed E-state index contributed by atoms with van der Waals surface area (Å²) in [5.41, 5.74) is 1.28. The smallest absolute Gasteiger partial charge is 0.248 e. The number of hydrogen-bond donors (Lipinski definition) is 0. The lowest BCUT2D eigenvalue weighted by Crippen LogP contribution is -2.38. The largest absolute Gasteiger partial charge is 0.497 e. The molecule has 7 nitrogen and oxygen atoms in total. The molecule has 1 heterocycles. The predicted octanol–water partition coefficient (Wildman–Crippen LogP) is 2.99. The number of hydrogen-bond acceptors (Lipinski definition) is 5. The van der Waals surface area contributed by atoms with Gasteiger partial charge < -0.3 is 14.4 Å². The Kier molecular flexibility index (Phi) is 10.6. The van der Waals surface area contributed by atoms with Crippen molar-refractivity contribution in [3.05, 3.63) is 23.3 Å². The lowest BCUT2D eigenvalue weighted by atomic mass is 10.1. The van der Waals surface area contributed by atoms with Crippen molar-refractivity contribution >= 4 is 15.9 Å². The van der Waals surface area contributed by atoms with Gasteiger partial charge in [-0.25, -0.2) is 8.42 Å². The number of likely N-dealkylation sites (tertiary alicyclic amines) is 1. The summed E-state index contributed by atoms with van der Waals surface area (Å²) in [5.74, 6) is 0.605. The third-order valence-electron chi connectivity index (χ3n) is 4.82. The summed E-state index contributed by atoms with van der Waals surface area (Å²) in [7, 11) is -0.569. The number of benzene rings is 1. The van der Waals surface area contributed by atoms with Crippen LogP contribution in [0.25, 0.3) is 0 Å². The Bertz CT molecular complexity index is 735. The standard InChI is InChI=1S/C19H30N2O5S.C2H6/c1-15-12-17(25-4)13-16(2)19(15)27(23,24)20(3)10-11-26-14-18(22)21-8-6-5-7-9-21;1-2/h12-13H,5-11,14H2,1-4H3;1-2H3. The minimum atomic E-state index is -3.64. The number of aryl methyl sites for hydroxylation is 2. The first-order valence-electron chi connectivity index (χ1n) is 10.2. The maximum Gasteiger partial charge on any atom is 0.248 e. The van der Waals surface area contributed by atoms with Crippen molar-refractivity contribution in [2.24, 2.45) is 0 Å². The summed E-state index contributed by atoms with van der Waals surface area (Å²) in [6.07, 6.45) is 3.23. The minimum Gasteiger partial charge on any atom is -0.497 e. The molecule has 8 heteroatoms. The van der Waals surface area contributed by atoms with Gasteiger partial charge in [-0.15, -0.1) is 0 Å². The molecule has 0 spiro atoms. The van der Waals surface area contributed by atoms with Crippen LogP contribution >= 0.6 is 0 Å². The van der Waals surface area contributed by atoms with E-state index in [0.717, 1.165) is 32.4 Å². The highest BCUT2D eigenvalue weighted by Gasteiger charge is 2.25. The molecule has 1 aliphatic rings. The Hall–Kier alpha value is -1.64. The van der Waals surface area contributed by atoms with Crippen LogP contribution in [0.4, 0.5) is 0 Å². The number of nitrogens with zero attached hydrogens (tertiary/aromatic N) is 2. The van der Waals surface area contributed by atoms with Crippen molar-refractivity contribution < 1.29 is 22.7 Å². The predicted molar refractivity (Wildman–Crippen MR) is 115 cm³/mol. The molecular weight excluding hydrogens is 392 g/mol. The molecule has 0 unspecified atom stereocenters. The second-order valence-electron chi connectivity index (χ2n) is 6.91. The topological polar surface area (TPSA) is 76.1 Å². The number of piperidine rings is 1. The molecule has 1 aliphatic heterocycles. The van der Waals surface area contributed by atoms with Crippen molar-refractivity contribution in [1.82, 2.24) is 9.21 Å². The van der Waals surface area contributed by atoms with Gasteiger partial charge in [0.2, 0.25) is 15.9 Å². The maximum atomic E-state index is 12.9. The van der Waals surface area contributed by atoms with Crippen molar-refractivity contribution in [3.63, 3.8) is 0 Å². The van der Waals surface area contributed by atoms with Crippen LogP contribution in [-0.2, 0) is 19.6 Å². The fourth-order valence-corrected chi connectivity index (χ4v) is 4.86. The molecule has 0 N–H and O–H groups in total. The molecule has 2 rings (SSSR count). The van der Waals surface area contributed by atoms with Crippen LogP contribution in [0.3, 0.4) is 0 Å². The van der Waals surface area contributed by atoms with Gasteiger partial charge in [0.25, 0.3) is 0 Å². The quantitative estimate of drug-likeness (QED) is 0.595. The molecule has 1 fully saturated rings. The molecule has 1 amide bonds. The monoisotopic (exact) mass is 428 g/mol. The van der Waals surface area contributed by atoms with Crippen LogP contribution in [0, 0.1) is 13.8 Å². The number of rotatable bonds is 8. The zero-order valence-electron chi connectivity index (χ0n) is 18.7. The van der Waals surface area contributed by atoms with Crippen molar-refractivity contribution in [1.29, 1.82) is 0 Å². The summed E-state index contributed by atoms with van der Waals surface area (Å²) in [6, 6.07) is 3.42. The van der Waals surface area contributed by atoms with Crippen molar-refractivity contribution in [2.75, 3.05) is 47.0 Å². The van der Waals surface area contributed by atoms with E-state index in [4.69, 9.17) is 9.47 Å². The van der Waals surface area contributed by atoms with Crippen LogP contribution in [0.15, 0.2) is 17.0 Å². The summed E-state index contributed by atoms with van der Waals surface area (Å²) >= 11 is 0. The van der Waals surface area contributed by atoms with Gasteiger partial charge in [0.15, 0.2) is 0 Å². The fraction of sp³-hybridized carbons (Fsp3) is 0.667. The third kappa shape index (κ3) is 6.97. The first kappa shape index (κ1) is 25.4. The van der Waals surface area contributed by atoms with E-state index in [0.29, 0.717) is 16.9 Å². The molecule has 166 valence electrons. The van der Waals surface area contributed by atoms with E-state index in [1.165, 1.54) is 11.4 Å². The van der Waals surface area contributed by atoms with Gasteiger partial charge in [0.1, 0.15) is 12.4 Å². The van der Waals surface area contributed by atoms with Gasteiger partial charge in [-0.2, -0.15) is 4.31 Å². The van der Waals surface area contributed by atoms with Crippen LogP contribution in [-0.4, -0.2) is 70.5 Å². The van der Waals surface area contributed by atoms with E-state index in [2.05, 4.69) is 0 Å². The Morgan fingerprint density at radius 1 is 1.10 bits per heavy atom. The van der Waals surface area contributed by atoms with E-state index in [1.807, 2.05) is 18.7 Å². The highest BCUT2D eigenvalue weighted by molar-refractivity contribution is 7.89. The zero-order valence-corrected chi connectivity index (χ0v) is 19.5. The molecule has 1 aromatic rings. The summed E-state index contributed by atoms with van der Waals surface area (Å²) in [6.45, 7) is 9.42. The van der Waals surface area contributed by atoms with Gasteiger partial charge >= 0.3 is 0 Å². The van der Waals surface area contributed by atoms with Gasteiger partial charge in [0, 0.05) is 26.7 Å². The molecule has 1 saturated heterocycles. The molecule has 29 heavy (non-hydrogen) atoms. The Balaban J connectivity index is 0.00000204. The van der Waals surface area contributed by atoms with Crippen LogP contribution in [0.5, 0.6) is 5.75 Å². The van der Waals surface area contributed by atoms with Gasteiger partial charge in [-0.05, 0) is 56.4 Å². The maximum absolute atomic E-state index is 12.9. The number of methoxy groups -OCH3 is 1. The summed E-state index contributed by atoms with van der Waals surface area (Å²) in [5, 5.41) is 0. The number of likely N-dealkylation sites (N-methyl/N-ethyl adjacent to an activating group) is 1. The third-order valence-corrected chi connectivity index (χ3v) is 6.99. The second-order valence-corrected chi connectivity index (χ2v) is 8.89. The average molecular weight is 429 g/mol. The highest BCUT2D eigenvalue weighted by atomic mass is 32.2. The molecule has 0 aromatic heterocycles. The molecule has 0 aliphatic carbocycles. The molecule has 0 radical (unpaired) electrons. The number of amides is 1. The number of carbonyl (C=O) groups excluding carboxylic acids is 1. The first-order chi connectivity index (χ1) is 13.8. The Morgan fingerprint density at radius 3 is 2.17 bits per heavy atom. The molecule has 0 saturated carbocycles. The van der Waals surface area contributed by atoms with E-state index < -0.39 is 10.0 Å². The van der Waals surface area contributed by atoms with Gasteiger partial charge in [-0.3, -0.25) is 4.79 Å². The SMILES string of the molecule is CC.COc1cc(C)c(S(=O)(=O)N(C)CCOCC(=O)N2CCCCC2)c(C)c1. The Labute approximate surface area is 176 Å². The Morgan fingerprint density at radius 2 is 1.66 bits per heavy atom. The molecule has 0 bridgehead atoms. The van der Waals surface area contributed by atoms with Crippen LogP contribution < -0.4 is 4.74 Å². The number of sulfonamides is 1.